The van der Waals surface area contributed by atoms with Crippen LogP contribution in [0, 0.1) is 0 Å². The Morgan fingerprint density at radius 2 is 1.77 bits per heavy atom. The fourth-order valence-corrected chi connectivity index (χ4v) is 2.63. The van der Waals surface area contributed by atoms with Crippen molar-refractivity contribution in [3.8, 4) is 5.75 Å². The summed E-state index contributed by atoms with van der Waals surface area (Å²) in [6.07, 6.45) is 1.61. The van der Waals surface area contributed by atoms with Gasteiger partial charge in [0.2, 0.25) is 5.95 Å². The fraction of sp³-hybridized carbons (Fsp3) is 0.250. The Balaban J connectivity index is 1.84. The second-order valence-corrected chi connectivity index (χ2v) is 6.17. The van der Waals surface area contributed by atoms with Crippen LogP contribution < -0.4 is 15.0 Å². The highest BCUT2D eigenvalue weighted by Crippen LogP contribution is 2.26. The highest BCUT2D eigenvalue weighted by molar-refractivity contribution is 5.64. The molecular formula is C20H23N5O. The van der Waals surface area contributed by atoms with Crippen LogP contribution >= 0.6 is 0 Å². The minimum absolute atomic E-state index is 0.235. The molecule has 3 rings (SSSR count). The Hall–Kier alpha value is -3.15. The number of nitrogens with zero attached hydrogens (tertiary/aromatic N) is 4. The van der Waals surface area contributed by atoms with E-state index in [1.165, 1.54) is 5.56 Å². The Morgan fingerprint density at radius 1 is 1.04 bits per heavy atom. The van der Waals surface area contributed by atoms with Crippen molar-refractivity contribution in [2.75, 3.05) is 17.3 Å². The molecule has 0 amide bonds. The second-order valence-electron chi connectivity index (χ2n) is 6.17. The number of rotatable bonds is 7. The lowest BCUT2D eigenvalue weighted by atomic mass is 10.2. The van der Waals surface area contributed by atoms with Gasteiger partial charge in [-0.3, -0.25) is 0 Å². The van der Waals surface area contributed by atoms with E-state index in [0.717, 1.165) is 18.0 Å². The van der Waals surface area contributed by atoms with Gasteiger partial charge < -0.3 is 15.0 Å². The molecule has 6 nitrogen and oxygen atoms in total. The number of nitrogens with one attached hydrogen (secondary N) is 1. The number of aromatic nitrogens is 3. The maximum absolute atomic E-state index is 5.38. The molecular weight excluding hydrogens is 326 g/mol. The van der Waals surface area contributed by atoms with Crippen LogP contribution in [-0.4, -0.2) is 28.3 Å². The smallest absolute Gasteiger partial charge is 0.247 e. The van der Waals surface area contributed by atoms with E-state index < -0.39 is 0 Å². The number of hydrogen-bond donors (Lipinski definition) is 1. The van der Waals surface area contributed by atoms with E-state index in [0.29, 0.717) is 11.8 Å². The van der Waals surface area contributed by atoms with E-state index in [4.69, 9.17) is 4.74 Å². The van der Waals surface area contributed by atoms with E-state index in [1.54, 1.807) is 13.3 Å². The average Bonchev–Trinajstić information content (AvgIpc) is 2.67. The molecule has 1 aromatic heterocycles. The van der Waals surface area contributed by atoms with Crippen LogP contribution in [0.4, 0.5) is 17.5 Å². The van der Waals surface area contributed by atoms with Gasteiger partial charge in [-0.25, -0.2) is 0 Å². The highest BCUT2D eigenvalue weighted by atomic mass is 16.5. The summed E-state index contributed by atoms with van der Waals surface area (Å²) in [6.45, 7) is 4.96. The van der Waals surface area contributed by atoms with Crippen LogP contribution in [0.3, 0.4) is 0 Å². The number of anilines is 3. The van der Waals surface area contributed by atoms with Crippen molar-refractivity contribution in [3.63, 3.8) is 0 Å². The minimum Gasteiger partial charge on any atom is -0.495 e. The first-order chi connectivity index (χ1) is 12.7. The molecule has 0 spiro atoms. The molecule has 3 aromatic rings. The Kier molecular flexibility index (Phi) is 5.63. The van der Waals surface area contributed by atoms with E-state index in [1.807, 2.05) is 42.5 Å². The van der Waals surface area contributed by atoms with Crippen LogP contribution in [0.5, 0.6) is 5.75 Å². The SMILES string of the molecule is COc1ccccc1Nc1cnnc(N(Cc2ccccc2)C(C)C)n1. The molecule has 0 fully saturated rings. The van der Waals surface area contributed by atoms with E-state index in [2.05, 4.69) is 51.4 Å². The van der Waals surface area contributed by atoms with Crippen molar-refractivity contribution < 1.29 is 4.74 Å². The molecule has 0 saturated heterocycles. The van der Waals surface area contributed by atoms with Crippen LogP contribution in [0.25, 0.3) is 0 Å². The number of benzene rings is 2. The minimum atomic E-state index is 0.235. The van der Waals surface area contributed by atoms with Crippen molar-refractivity contribution >= 4 is 17.5 Å². The summed E-state index contributed by atoms with van der Waals surface area (Å²) in [5.41, 5.74) is 2.04. The number of para-hydroxylation sites is 2. The molecule has 0 radical (unpaired) electrons. The van der Waals surface area contributed by atoms with Crippen molar-refractivity contribution in [1.82, 2.24) is 15.2 Å². The summed E-state index contributed by atoms with van der Waals surface area (Å²) in [4.78, 5) is 6.77. The van der Waals surface area contributed by atoms with E-state index in [-0.39, 0.29) is 6.04 Å². The molecule has 1 N–H and O–H groups in total. The van der Waals surface area contributed by atoms with Gasteiger partial charge in [0, 0.05) is 12.6 Å². The molecule has 0 aliphatic rings. The normalized spacial score (nSPS) is 10.6. The topological polar surface area (TPSA) is 63.2 Å². The molecule has 1 heterocycles. The summed E-state index contributed by atoms with van der Waals surface area (Å²) >= 11 is 0. The van der Waals surface area contributed by atoms with Crippen LogP contribution in [-0.2, 0) is 6.54 Å². The van der Waals surface area contributed by atoms with E-state index >= 15 is 0 Å². The zero-order chi connectivity index (χ0) is 18.4. The third-order valence-corrected chi connectivity index (χ3v) is 3.99. The van der Waals surface area contributed by atoms with Crippen molar-refractivity contribution in [1.29, 1.82) is 0 Å². The lowest BCUT2D eigenvalue weighted by Crippen LogP contribution is -2.32. The van der Waals surface area contributed by atoms with Gasteiger partial charge in [0.15, 0.2) is 5.82 Å². The standard InChI is InChI=1S/C20H23N5O/c1-15(2)25(14-16-9-5-4-6-10-16)20-23-19(13-21-24-20)22-17-11-7-8-12-18(17)26-3/h4-13,15H,14H2,1-3H3,(H,22,23,24). The maximum atomic E-state index is 5.38. The van der Waals surface area contributed by atoms with Crippen LogP contribution in [0.1, 0.15) is 19.4 Å². The Bertz CT molecular complexity index is 838. The van der Waals surface area contributed by atoms with Gasteiger partial charge in [-0.1, -0.05) is 42.5 Å². The molecule has 0 unspecified atom stereocenters. The molecule has 134 valence electrons. The lowest BCUT2D eigenvalue weighted by Gasteiger charge is -2.26. The molecule has 0 atom stereocenters. The first-order valence-corrected chi connectivity index (χ1v) is 8.57. The molecule has 0 aliphatic carbocycles. The van der Waals surface area contributed by atoms with Gasteiger partial charge in [-0.15, -0.1) is 5.10 Å². The van der Waals surface area contributed by atoms with Crippen molar-refractivity contribution in [2.45, 2.75) is 26.4 Å². The van der Waals surface area contributed by atoms with E-state index in [9.17, 15) is 0 Å². The quantitative estimate of drug-likeness (QED) is 0.694. The lowest BCUT2D eigenvalue weighted by molar-refractivity contribution is 0.417. The zero-order valence-corrected chi connectivity index (χ0v) is 15.3. The number of ether oxygens (including phenoxy) is 1. The average molecular weight is 349 g/mol. The van der Waals surface area contributed by atoms with Gasteiger partial charge in [0.25, 0.3) is 0 Å². The Labute approximate surface area is 153 Å². The summed E-state index contributed by atoms with van der Waals surface area (Å²) < 4.78 is 5.38. The summed E-state index contributed by atoms with van der Waals surface area (Å²) in [6, 6.07) is 18.2. The largest absolute Gasteiger partial charge is 0.495 e. The molecule has 0 saturated carbocycles. The molecule has 0 bridgehead atoms. The predicted octanol–water partition coefficient (Wildman–Crippen LogP) is 4.04. The van der Waals surface area contributed by atoms with Gasteiger partial charge in [-0.2, -0.15) is 10.1 Å². The van der Waals surface area contributed by atoms with Gasteiger partial charge >= 0.3 is 0 Å². The highest BCUT2D eigenvalue weighted by Gasteiger charge is 2.15. The second kappa shape index (κ2) is 8.29. The molecule has 26 heavy (non-hydrogen) atoms. The van der Waals surface area contributed by atoms with Crippen molar-refractivity contribution in [2.24, 2.45) is 0 Å². The fourth-order valence-electron chi connectivity index (χ4n) is 2.63. The molecule has 2 aromatic carbocycles. The van der Waals surface area contributed by atoms with Gasteiger partial charge in [0.05, 0.1) is 19.0 Å². The monoisotopic (exact) mass is 349 g/mol. The third-order valence-electron chi connectivity index (χ3n) is 3.99. The third kappa shape index (κ3) is 4.27. The maximum Gasteiger partial charge on any atom is 0.247 e. The predicted molar refractivity (Wildman–Crippen MR) is 104 cm³/mol. The zero-order valence-electron chi connectivity index (χ0n) is 15.3. The van der Waals surface area contributed by atoms with Gasteiger partial charge in [-0.05, 0) is 31.5 Å². The molecule has 0 aliphatic heterocycles. The summed E-state index contributed by atoms with van der Waals surface area (Å²) in [5, 5.41) is 11.6. The first kappa shape index (κ1) is 17.7. The summed E-state index contributed by atoms with van der Waals surface area (Å²) in [5.74, 6) is 1.96. The van der Waals surface area contributed by atoms with Crippen LogP contribution in [0.2, 0.25) is 0 Å². The van der Waals surface area contributed by atoms with Crippen LogP contribution in [0.15, 0.2) is 60.8 Å². The number of hydrogen-bond acceptors (Lipinski definition) is 6. The molecule has 6 heteroatoms. The summed E-state index contributed by atoms with van der Waals surface area (Å²) in [7, 11) is 1.64. The first-order valence-electron chi connectivity index (χ1n) is 8.57. The number of methoxy groups -OCH3 is 1. The van der Waals surface area contributed by atoms with Gasteiger partial charge in [0.1, 0.15) is 5.75 Å². The Morgan fingerprint density at radius 3 is 2.50 bits per heavy atom. The van der Waals surface area contributed by atoms with Crippen molar-refractivity contribution in [3.05, 3.63) is 66.4 Å².